The van der Waals surface area contributed by atoms with Crippen LogP contribution >= 0.6 is 0 Å². The first kappa shape index (κ1) is 13.9. The van der Waals surface area contributed by atoms with Crippen LogP contribution in [-0.4, -0.2) is 50.1 Å². The molecule has 0 rings (SSSR count). The van der Waals surface area contributed by atoms with Crippen LogP contribution < -0.4 is 0 Å². The Morgan fingerprint density at radius 1 is 0.643 bits per heavy atom. The highest BCUT2D eigenvalue weighted by Crippen LogP contribution is 1.94. The molecule has 0 spiro atoms. The lowest BCUT2D eigenvalue weighted by Gasteiger charge is -2.21. The third kappa shape index (κ3) is 8.52. The van der Waals surface area contributed by atoms with E-state index in [9.17, 15) is 0 Å². The minimum absolute atomic E-state index is 1.21. The summed E-state index contributed by atoms with van der Waals surface area (Å²) < 4.78 is 0. The van der Waals surface area contributed by atoms with Gasteiger partial charge in [-0.15, -0.1) is 0 Å². The molecule has 0 radical (unpaired) electrons. The van der Waals surface area contributed by atoms with E-state index in [-0.39, 0.29) is 0 Å². The zero-order chi connectivity index (χ0) is 10.8. The van der Waals surface area contributed by atoms with Crippen molar-refractivity contribution in [1.29, 1.82) is 0 Å². The van der Waals surface area contributed by atoms with Crippen LogP contribution in [0.25, 0.3) is 0 Å². The Bertz CT molecular complexity index is 101. The van der Waals surface area contributed by atoms with Crippen molar-refractivity contribution in [3.05, 3.63) is 0 Å². The van der Waals surface area contributed by atoms with E-state index < -0.39 is 0 Å². The van der Waals surface area contributed by atoms with Crippen LogP contribution in [0.1, 0.15) is 39.5 Å². The van der Waals surface area contributed by atoms with Crippen LogP contribution in [0, 0.1) is 0 Å². The van der Waals surface area contributed by atoms with Crippen LogP contribution in [0.2, 0.25) is 0 Å². The van der Waals surface area contributed by atoms with E-state index in [4.69, 9.17) is 0 Å². The van der Waals surface area contributed by atoms with E-state index in [1.54, 1.807) is 0 Å². The SMILES string of the molecule is CCCCN(C)CCN(C)CCCC. The summed E-state index contributed by atoms with van der Waals surface area (Å²) in [5, 5.41) is 0. The number of likely N-dealkylation sites (N-methyl/N-ethyl adjacent to an activating group) is 2. The molecule has 2 nitrogen and oxygen atoms in total. The molecule has 2 heteroatoms. The average Bonchev–Trinajstić information content (AvgIpc) is 2.20. The van der Waals surface area contributed by atoms with Gasteiger partial charge < -0.3 is 9.80 Å². The van der Waals surface area contributed by atoms with Gasteiger partial charge in [0.25, 0.3) is 0 Å². The first-order chi connectivity index (χ1) is 6.70. The van der Waals surface area contributed by atoms with Gasteiger partial charge in [0.15, 0.2) is 0 Å². The van der Waals surface area contributed by atoms with Gasteiger partial charge in [0, 0.05) is 13.1 Å². The summed E-state index contributed by atoms with van der Waals surface area (Å²) >= 11 is 0. The smallest absolute Gasteiger partial charge is 0.0106 e. The molecule has 0 bridgehead atoms. The second-order valence-corrected chi connectivity index (χ2v) is 4.31. The summed E-state index contributed by atoms with van der Waals surface area (Å²) in [6, 6.07) is 0. The van der Waals surface area contributed by atoms with Crippen molar-refractivity contribution in [1.82, 2.24) is 9.80 Å². The maximum absolute atomic E-state index is 2.44. The number of hydrogen-bond acceptors (Lipinski definition) is 2. The minimum atomic E-state index is 1.21. The Morgan fingerprint density at radius 3 is 1.29 bits per heavy atom. The molecule has 0 fully saturated rings. The van der Waals surface area contributed by atoms with E-state index in [2.05, 4.69) is 37.7 Å². The number of hydrogen-bond donors (Lipinski definition) is 0. The Hall–Kier alpha value is -0.0800. The molecule has 0 aliphatic rings. The lowest BCUT2D eigenvalue weighted by Crippen LogP contribution is -2.31. The van der Waals surface area contributed by atoms with Crippen molar-refractivity contribution in [2.24, 2.45) is 0 Å². The fourth-order valence-corrected chi connectivity index (χ4v) is 1.42. The normalized spacial score (nSPS) is 11.6. The Balaban J connectivity index is 3.31. The van der Waals surface area contributed by atoms with Gasteiger partial charge in [0.2, 0.25) is 0 Å². The standard InChI is InChI=1S/C12H28N2/c1-5-7-9-13(3)11-12-14(4)10-8-6-2/h5-12H2,1-4H3. The summed E-state index contributed by atoms with van der Waals surface area (Å²) in [5.41, 5.74) is 0. The van der Waals surface area contributed by atoms with Crippen molar-refractivity contribution in [3.8, 4) is 0 Å². The molecule has 86 valence electrons. The molecule has 0 heterocycles. The highest BCUT2D eigenvalue weighted by Gasteiger charge is 2.00. The van der Waals surface area contributed by atoms with Crippen molar-refractivity contribution >= 4 is 0 Å². The molecule has 0 aromatic carbocycles. The first-order valence-corrected chi connectivity index (χ1v) is 6.07. The fourth-order valence-electron chi connectivity index (χ4n) is 1.42. The summed E-state index contributed by atoms with van der Waals surface area (Å²) in [6.45, 7) is 9.42. The van der Waals surface area contributed by atoms with Crippen LogP contribution in [0.4, 0.5) is 0 Å². The highest BCUT2D eigenvalue weighted by molar-refractivity contribution is 4.56. The number of rotatable bonds is 9. The fraction of sp³-hybridized carbons (Fsp3) is 1.00. The molecule has 0 aliphatic carbocycles. The van der Waals surface area contributed by atoms with E-state index in [1.165, 1.54) is 51.9 Å². The summed E-state index contributed by atoms with van der Waals surface area (Å²) in [7, 11) is 4.45. The van der Waals surface area contributed by atoms with Gasteiger partial charge in [0.05, 0.1) is 0 Å². The number of unbranched alkanes of at least 4 members (excludes halogenated alkanes) is 2. The molecular weight excluding hydrogens is 172 g/mol. The van der Waals surface area contributed by atoms with Gasteiger partial charge in [0.1, 0.15) is 0 Å². The van der Waals surface area contributed by atoms with E-state index in [0.717, 1.165) is 0 Å². The minimum Gasteiger partial charge on any atom is -0.305 e. The van der Waals surface area contributed by atoms with E-state index in [0.29, 0.717) is 0 Å². The third-order valence-corrected chi connectivity index (χ3v) is 2.65. The predicted octanol–water partition coefficient (Wildman–Crippen LogP) is 2.45. The molecule has 14 heavy (non-hydrogen) atoms. The largest absolute Gasteiger partial charge is 0.305 e. The molecule has 0 amide bonds. The lowest BCUT2D eigenvalue weighted by atomic mass is 10.3. The van der Waals surface area contributed by atoms with E-state index >= 15 is 0 Å². The molecule has 0 aromatic heterocycles. The Kier molecular flexibility index (Phi) is 9.42. The second-order valence-electron chi connectivity index (χ2n) is 4.31. The van der Waals surface area contributed by atoms with Gasteiger partial charge >= 0.3 is 0 Å². The van der Waals surface area contributed by atoms with Crippen molar-refractivity contribution in [2.45, 2.75) is 39.5 Å². The highest BCUT2D eigenvalue weighted by atomic mass is 15.2. The molecule has 0 aliphatic heterocycles. The molecule has 0 atom stereocenters. The summed E-state index contributed by atoms with van der Waals surface area (Å²) in [4.78, 5) is 4.87. The van der Waals surface area contributed by atoms with Crippen LogP contribution in [0.15, 0.2) is 0 Å². The quantitative estimate of drug-likeness (QED) is 0.564. The lowest BCUT2D eigenvalue weighted by molar-refractivity contribution is 0.252. The van der Waals surface area contributed by atoms with Crippen molar-refractivity contribution in [3.63, 3.8) is 0 Å². The van der Waals surface area contributed by atoms with E-state index in [1.807, 2.05) is 0 Å². The Labute approximate surface area is 90.3 Å². The van der Waals surface area contributed by atoms with Gasteiger partial charge in [-0.05, 0) is 40.0 Å². The molecule has 0 saturated heterocycles. The summed E-state index contributed by atoms with van der Waals surface area (Å²) in [5.74, 6) is 0. The predicted molar refractivity (Wildman–Crippen MR) is 64.8 cm³/mol. The zero-order valence-corrected chi connectivity index (χ0v) is 10.6. The third-order valence-electron chi connectivity index (χ3n) is 2.65. The molecule has 0 N–H and O–H groups in total. The average molecular weight is 200 g/mol. The number of nitrogens with zero attached hydrogens (tertiary/aromatic N) is 2. The molecular formula is C12H28N2. The second kappa shape index (κ2) is 9.47. The van der Waals surface area contributed by atoms with Crippen LogP contribution in [0.3, 0.4) is 0 Å². The molecule has 0 saturated carbocycles. The maximum Gasteiger partial charge on any atom is 0.0106 e. The molecule has 0 aromatic rings. The monoisotopic (exact) mass is 200 g/mol. The maximum atomic E-state index is 2.44. The van der Waals surface area contributed by atoms with Gasteiger partial charge in [-0.3, -0.25) is 0 Å². The first-order valence-electron chi connectivity index (χ1n) is 6.07. The van der Waals surface area contributed by atoms with Crippen LogP contribution in [0.5, 0.6) is 0 Å². The van der Waals surface area contributed by atoms with Gasteiger partial charge in [-0.2, -0.15) is 0 Å². The Morgan fingerprint density at radius 2 is 1.00 bits per heavy atom. The van der Waals surface area contributed by atoms with Crippen LogP contribution in [-0.2, 0) is 0 Å². The van der Waals surface area contributed by atoms with Crippen molar-refractivity contribution in [2.75, 3.05) is 40.3 Å². The van der Waals surface area contributed by atoms with Crippen molar-refractivity contribution < 1.29 is 0 Å². The summed E-state index contributed by atoms with van der Waals surface area (Å²) in [6.07, 6.45) is 5.26. The van der Waals surface area contributed by atoms with Gasteiger partial charge in [-0.25, -0.2) is 0 Å². The van der Waals surface area contributed by atoms with Gasteiger partial charge in [-0.1, -0.05) is 26.7 Å². The topological polar surface area (TPSA) is 6.48 Å². The zero-order valence-electron chi connectivity index (χ0n) is 10.6. The molecule has 0 unspecified atom stereocenters.